The van der Waals surface area contributed by atoms with E-state index in [1.54, 1.807) is 13.8 Å². The zero-order valence-corrected chi connectivity index (χ0v) is 11.5. The maximum Gasteiger partial charge on any atom is 0.154 e. The van der Waals surface area contributed by atoms with Crippen LogP contribution in [0.15, 0.2) is 24.3 Å². The summed E-state index contributed by atoms with van der Waals surface area (Å²) in [5.41, 5.74) is 8.04. The predicted molar refractivity (Wildman–Crippen MR) is 71.7 cm³/mol. The highest BCUT2D eigenvalue weighted by Gasteiger charge is 2.20. The van der Waals surface area contributed by atoms with Crippen molar-refractivity contribution in [2.75, 3.05) is 5.75 Å². The summed E-state index contributed by atoms with van der Waals surface area (Å²) in [6.45, 7) is 5.45. The molecule has 3 nitrogen and oxygen atoms in total. The van der Waals surface area contributed by atoms with Gasteiger partial charge in [0.1, 0.15) is 0 Å². The Morgan fingerprint density at radius 3 is 2.12 bits per heavy atom. The highest BCUT2D eigenvalue weighted by molar-refractivity contribution is 7.92. The number of hydrogen-bond acceptors (Lipinski definition) is 3. The molecule has 0 saturated carbocycles. The standard InChI is InChI=1S/C13H21NO2S/c1-4-11-5-7-12(8-6-11)13(14)9-17(15,16)10(2)3/h5-8,10,13H,4,9,14H2,1-3H3. The van der Waals surface area contributed by atoms with Gasteiger partial charge in [-0.1, -0.05) is 31.2 Å². The molecular formula is C13H21NO2S. The van der Waals surface area contributed by atoms with Crippen LogP contribution in [0, 0.1) is 0 Å². The Balaban J connectivity index is 2.80. The number of sulfone groups is 1. The second-order valence-corrected chi connectivity index (χ2v) is 7.18. The lowest BCUT2D eigenvalue weighted by Gasteiger charge is -2.14. The smallest absolute Gasteiger partial charge is 0.154 e. The van der Waals surface area contributed by atoms with Gasteiger partial charge in [-0.25, -0.2) is 8.42 Å². The topological polar surface area (TPSA) is 60.2 Å². The van der Waals surface area contributed by atoms with E-state index >= 15 is 0 Å². The van der Waals surface area contributed by atoms with Crippen molar-refractivity contribution in [1.82, 2.24) is 0 Å². The van der Waals surface area contributed by atoms with Crippen LogP contribution in [0.5, 0.6) is 0 Å². The summed E-state index contributed by atoms with van der Waals surface area (Å²) in [6, 6.07) is 7.39. The summed E-state index contributed by atoms with van der Waals surface area (Å²) in [5.74, 6) is 0.0101. The molecule has 1 aromatic carbocycles. The highest BCUT2D eigenvalue weighted by Crippen LogP contribution is 2.16. The molecule has 0 amide bonds. The van der Waals surface area contributed by atoms with Crippen LogP contribution in [0.3, 0.4) is 0 Å². The van der Waals surface area contributed by atoms with Crippen LogP contribution in [0.25, 0.3) is 0 Å². The molecule has 0 aliphatic rings. The molecule has 17 heavy (non-hydrogen) atoms. The van der Waals surface area contributed by atoms with Crippen molar-refractivity contribution in [2.45, 2.75) is 38.5 Å². The van der Waals surface area contributed by atoms with Crippen molar-refractivity contribution in [2.24, 2.45) is 5.73 Å². The third-order valence-electron chi connectivity index (χ3n) is 2.95. The van der Waals surface area contributed by atoms with Gasteiger partial charge in [-0.15, -0.1) is 0 Å². The fourth-order valence-electron chi connectivity index (χ4n) is 1.54. The molecule has 0 fully saturated rings. The molecule has 0 radical (unpaired) electrons. The normalized spacial score (nSPS) is 13.9. The van der Waals surface area contributed by atoms with E-state index in [0.29, 0.717) is 0 Å². The lowest BCUT2D eigenvalue weighted by Crippen LogP contribution is -2.26. The molecule has 1 atom stereocenters. The molecule has 0 aromatic heterocycles. The SMILES string of the molecule is CCc1ccc(C(N)CS(=O)(=O)C(C)C)cc1. The van der Waals surface area contributed by atoms with Crippen molar-refractivity contribution in [1.29, 1.82) is 0 Å². The van der Waals surface area contributed by atoms with Crippen molar-refractivity contribution in [3.8, 4) is 0 Å². The van der Waals surface area contributed by atoms with Crippen LogP contribution >= 0.6 is 0 Å². The molecule has 0 aliphatic heterocycles. The van der Waals surface area contributed by atoms with Crippen LogP contribution in [-0.4, -0.2) is 19.4 Å². The molecule has 1 rings (SSSR count). The Morgan fingerprint density at radius 1 is 1.18 bits per heavy atom. The fourth-order valence-corrected chi connectivity index (χ4v) is 2.62. The predicted octanol–water partition coefficient (Wildman–Crippen LogP) is 2.07. The lowest BCUT2D eigenvalue weighted by atomic mass is 10.1. The summed E-state index contributed by atoms with van der Waals surface area (Å²) in [6.07, 6.45) is 0.972. The maximum absolute atomic E-state index is 11.8. The van der Waals surface area contributed by atoms with Gasteiger partial charge in [-0.2, -0.15) is 0 Å². The third-order valence-corrected chi connectivity index (χ3v) is 5.21. The molecule has 2 N–H and O–H groups in total. The van der Waals surface area contributed by atoms with Crippen molar-refractivity contribution in [3.05, 3.63) is 35.4 Å². The Bertz CT molecular complexity index is 449. The molecule has 0 heterocycles. The second kappa shape index (κ2) is 5.65. The summed E-state index contributed by atoms with van der Waals surface area (Å²) < 4.78 is 23.5. The first-order valence-electron chi connectivity index (χ1n) is 5.92. The molecule has 1 unspecified atom stereocenters. The van der Waals surface area contributed by atoms with Crippen LogP contribution in [0.4, 0.5) is 0 Å². The van der Waals surface area contributed by atoms with E-state index in [1.165, 1.54) is 5.56 Å². The van der Waals surface area contributed by atoms with Crippen LogP contribution < -0.4 is 5.73 Å². The number of nitrogens with two attached hydrogens (primary N) is 1. The van der Waals surface area contributed by atoms with E-state index in [2.05, 4.69) is 6.92 Å². The fraction of sp³-hybridized carbons (Fsp3) is 0.538. The Labute approximate surface area is 104 Å². The minimum atomic E-state index is -3.09. The van der Waals surface area contributed by atoms with E-state index in [9.17, 15) is 8.42 Å². The summed E-state index contributed by atoms with van der Waals surface area (Å²) in [5, 5.41) is -0.372. The quantitative estimate of drug-likeness (QED) is 0.876. The average Bonchev–Trinajstić information content (AvgIpc) is 2.28. The Morgan fingerprint density at radius 2 is 1.71 bits per heavy atom. The largest absolute Gasteiger partial charge is 0.323 e. The van der Waals surface area contributed by atoms with Gasteiger partial charge in [0.05, 0.1) is 11.0 Å². The van der Waals surface area contributed by atoms with Gasteiger partial charge >= 0.3 is 0 Å². The van der Waals surface area contributed by atoms with Crippen LogP contribution in [0.1, 0.15) is 37.9 Å². The van der Waals surface area contributed by atoms with Gasteiger partial charge in [0, 0.05) is 6.04 Å². The molecule has 1 aromatic rings. The lowest BCUT2D eigenvalue weighted by molar-refractivity contribution is 0.580. The molecule has 96 valence electrons. The van der Waals surface area contributed by atoms with Crippen molar-refractivity contribution >= 4 is 9.84 Å². The van der Waals surface area contributed by atoms with E-state index < -0.39 is 15.9 Å². The van der Waals surface area contributed by atoms with Gasteiger partial charge in [0.25, 0.3) is 0 Å². The maximum atomic E-state index is 11.8. The Kier molecular flexibility index (Phi) is 4.71. The van der Waals surface area contributed by atoms with Gasteiger partial charge in [-0.05, 0) is 31.4 Å². The van der Waals surface area contributed by atoms with Crippen molar-refractivity contribution in [3.63, 3.8) is 0 Å². The zero-order valence-electron chi connectivity index (χ0n) is 10.7. The number of benzene rings is 1. The average molecular weight is 255 g/mol. The minimum absolute atomic E-state index is 0.0101. The van der Waals surface area contributed by atoms with Gasteiger partial charge < -0.3 is 5.73 Å². The van der Waals surface area contributed by atoms with Gasteiger partial charge in [-0.3, -0.25) is 0 Å². The monoisotopic (exact) mass is 255 g/mol. The number of hydrogen-bond donors (Lipinski definition) is 1. The third kappa shape index (κ3) is 3.82. The van der Waals surface area contributed by atoms with Gasteiger partial charge in [0.15, 0.2) is 9.84 Å². The number of rotatable bonds is 5. The van der Waals surface area contributed by atoms with E-state index in [-0.39, 0.29) is 11.0 Å². The molecular weight excluding hydrogens is 234 g/mol. The first-order valence-corrected chi connectivity index (χ1v) is 7.64. The van der Waals surface area contributed by atoms with E-state index in [4.69, 9.17) is 5.73 Å². The van der Waals surface area contributed by atoms with Crippen LogP contribution in [-0.2, 0) is 16.3 Å². The second-order valence-electron chi connectivity index (χ2n) is 4.58. The molecule has 0 saturated heterocycles. The first kappa shape index (κ1) is 14.2. The van der Waals surface area contributed by atoms with E-state index in [1.807, 2.05) is 24.3 Å². The van der Waals surface area contributed by atoms with Crippen molar-refractivity contribution < 1.29 is 8.42 Å². The minimum Gasteiger partial charge on any atom is -0.323 e. The molecule has 4 heteroatoms. The summed E-state index contributed by atoms with van der Waals surface area (Å²) in [7, 11) is -3.09. The number of aryl methyl sites for hydroxylation is 1. The summed E-state index contributed by atoms with van der Waals surface area (Å²) in [4.78, 5) is 0. The molecule has 0 spiro atoms. The molecule has 0 bridgehead atoms. The van der Waals surface area contributed by atoms with Gasteiger partial charge in [0.2, 0.25) is 0 Å². The highest BCUT2D eigenvalue weighted by atomic mass is 32.2. The Hall–Kier alpha value is -0.870. The van der Waals surface area contributed by atoms with E-state index in [0.717, 1.165) is 12.0 Å². The molecule has 0 aliphatic carbocycles. The summed E-state index contributed by atoms with van der Waals surface area (Å²) >= 11 is 0. The van der Waals surface area contributed by atoms with Crippen LogP contribution in [0.2, 0.25) is 0 Å². The zero-order chi connectivity index (χ0) is 13.1. The first-order chi connectivity index (χ1) is 7.86.